The molecule has 0 aliphatic heterocycles. The van der Waals surface area contributed by atoms with Gasteiger partial charge in [0.1, 0.15) is 5.82 Å². The van der Waals surface area contributed by atoms with Crippen LogP contribution in [0.3, 0.4) is 0 Å². The van der Waals surface area contributed by atoms with Crippen LogP contribution in [0.4, 0.5) is 10.1 Å². The standard InChI is InChI=1S/C21H19FN2O2/c22-19-9-5-4-8-17(19)14-23-18-12-10-16(11-13-18)20(21(25)24-26)15-6-2-1-3-7-15/h1-13,20,23,26H,14H2,(H,24,25). The van der Waals surface area contributed by atoms with E-state index in [2.05, 4.69) is 5.32 Å². The third-order valence-electron chi connectivity index (χ3n) is 4.19. The van der Waals surface area contributed by atoms with E-state index in [1.807, 2.05) is 54.6 Å². The van der Waals surface area contributed by atoms with Gasteiger partial charge in [-0.25, -0.2) is 9.87 Å². The van der Waals surface area contributed by atoms with Gasteiger partial charge >= 0.3 is 0 Å². The van der Waals surface area contributed by atoms with Gasteiger partial charge in [0.05, 0.1) is 5.92 Å². The minimum atomic E-state index is -0.609. The fourth-order valence-electron chi connectivity index (χ4n) is 2.84. The first-order chi connectivity index (χ1) is 12.7. The predicted octanol–water partition coefficient (Wildman–Crippen LogP) is 4.08. The van der Waals surface area contributed by atoms with Gasteiger partial charge in [0, 0.05) is 17.8 Å². The number of anilines is 1. The second kappa shape index (κ2) is 8.27. The summed E-state index contributed by atoms with van der Waals surface area (Å²) in [6.07, 6.45) is 0. The maximum absolute atomic E-state index is 13.7. The predicted molar refractivity (Wildman–Crippen MR) is 98.4 cm³/mol. The van der Waals surface area contributed by atoms with E-state index in [0.29, 0.717) is 12.1 Å². The summed E-state index contributed by atoms with van der Waals surface area (Å²) in [4.78, 5) is 12.1. The van der Waals surface area contributed by atoms with Crippen LogP contribution in [-0.2, 0) is 11.3 Å². The number of amides is 1. The van der Waals surface area contributed by atoms with Crippen molar-refractivity contribution in [3.05, 3.63) is 101 Å². The summed E-state index contributed by atoms with van der Waals surface area (Å²) in [7, 11) is 0. The third kappa shape index (κ3) is 4.07. The summed E-state index contributed by atoms with van der Waals surface area (Å²) in [5.41, 5.74) is 4.66. The first-order valence-electron chi connectivity index (χ1n) is 8.25. The minimum Gasteiger partial charge on any atom is -0.381 e. The summed E-state index contributed by atoms with van der Waals surface area (Å²) in [6, 6.07) is 23.1. The Balaban J connectivity index is 1.77. The SMILES string of the molecule is O=C(NO)C(c1ccccc1)c1ccc(NCc2ccccc2F)cc1. The average molecular weight is 350 g/mol. The number of carbonyl (C=O) groups excluding carboxylic acids is 1. The number of carbonyl (C=O) groups is 1. The molecule has 1 unspecified atom stereocenters. The molecule has 3 rings (SSSR count). The van der Waals surface area contributed by atoms with E-state index < -0.39 is 11.8 Å². The van der Waals surface area contributed by atoms with E-state index in [4.69, 9.17) is 5.21 Å². The highest BCUT2D eigenvalue weighted by Crippen LogP contribution is 2.26. The van der Waals surface area contributed by atoms with Crippen molar-refractivity contribution in [2.75, 3.05) is 5.32 Å². The largest absolute Gasteiger partial charge is 0.381 e. The molecule has 0 spiro atoms. The van der Waals surface area contributed by atoms with Crippen molar-refractivity contribution in [3.8, 4) is 0 Å². The molecule has 4 nitrogen and oxygen atoms in total. The summed E-state index contributed by atoms with van der Waals surface area (Å²) in [5.74, 6) is -1.36. The maximum atomic E-state index is 13.7. The number of benzene rings is 3. The molecule has 1 amide bonds. The Bertz CT molecular complexity index is 867. The van der Waals surface area contributed by atoms with Crippen molar-refractivity contribution < 1.29 is 14.4 Å². The summed E-state index contributed by atoms with van der Waals surface area (Å²) in [5, 5.41) is 12.2. The molecule has 3 aromatic rings. The molecule has 0 aromatic heterocycles. The van der Waals surface area contributed by atoms with Gasteiger partial charge in [-0.3, -0.25) is 10.0 Å². The lowest BCUT2D eigenvalue weighted by atomic mass is 9.90. The molecule has 3 aromatic carbocycles. The zero-order valence-corrected chi connectivity index (χ0v) is 14.0. The van der Waals surface area contributed by atoms with Gasteiger partial charge < -0.3 is 5.32 Å². The second-order valence-electron chi connectivity index (χ2n) is 5.89. The normalized spacial score (nSPS) is 11.6. The number of nitrogens with one attached hydrogen (secondary N) is 2. The van der Waals surface area contributed by atoms with Crippen molar-refractivity contribution in [2.45, 2.75) is 12.5 Å². The lowest BCUT2D eigenvalue weighted by Crippen LogP contribution is -2.27. The smallest absolute Gasteiger partial charge is 0.255 e. The monoisotopic (exact) mass is 350 g/mol. The number of hydrogen-bond donors (Lipinski definition) is 3. The Morgan fingerprint density at radius 1 is 0.885 bits per heavy atom. The Morgan fingerprint density at radius 3 is 2.15 bits per heavy atom. The van der Waals surface area contributed by atoms with E-state index in [1.54, 1.807) is 23.7 Å². The van der Waals surface area contributed by atoms with Crippen LogP contribution >= 0.6 is 0 Å². The molecule has 1 atom stereocenters. The van der Waals surface area contributed by atoms with E-state index in [-0.39, 0.29) is 5.82 Å². The molecule has 0 fully saturated rings. The quantitative estimate of drug-likeness (QED) is 0.464. The van der Waals surface area contributed by atoms with E-state index in [1.165, 1.54) is 6.07 Å². The molecule has 26 heavy (non-hydrogen) atoms. The van der Waals surface area contributed by atoms with Gasteiger partial charge in [0.25, 0.3) is 5.91 Å². The van der Waals surface area contributed by atoms with Gasteiger partial charge in [-0.15, -0.1) is 0 Å². The third-order valence-corrected chi connectivity index (χ3v) is 4.19. The van der Waals surface area contributed by atoms with E-state index in [0.717, 1.165) is 16.8 Å². The number of halogens is 1. The molecule has 0 bridgehead atoms. The van der Waals surface area contributed by atoms with Crippen molar-refractivity contribution in [2.24, 2.45) is 0 Å². The average Bonchev–Trinajstić information content (AvgIpc) is 2.69. The zero-order chi connectivity index (χ0) is 18.4. The van der Waals surface area contributed by atoms with Gasteiger partial charge in [-0.2, -0.15) is 0 Å². The minimum absolute atomic E-state index is 0.250. The van der Waals surface area contributed by atoms with Crippen LogP contribution in [0.2, 0.25) is 0 Å². The van der Waals surface area contributed by atoms with Crippen LogP contribution in [0, 0.1) is 5.82 Å². The highest BCUT2D eigenvalue weighted by Gasteiger charge is 2.22. The Morgan fingerprint density at radius 2 is 1.50 bits per heavy atom. The van der Waals surface area contributed by atoms with Gasteiger partial charge in [0.15, 0.2) is 0 Å². The molecule has 132 valence electrons. The second-order valence-corrected chi connectivity index (χ2v) is 5.89. The Hall–Kier alpha value is -3.18. The molecule has 3 N–H and O–H groups in total. The van der Waals surface area contributed by atoms with Crippen LogP contribution in [-0.4, -0.2) is 11.1 Å². The maximum Gasteiger partial charge on any atom is 0.255 e. The Kier molecular flexibility index (Phi) is 5.61. The van der Waals surface area contributed by atoms with Crippen molar-refractivity contribution in [1.29, 1.82) is 0 Å². The van der Waals surface area contributed by atoms with Crippen molar-refractivity contribution in [3.63, 3.8) is 0 Å². The zero-order valence-electron chi connectivity index (χ0n) is 14.0. The molecule has 0 aliphatic rings. The lowest BCUT2D eigenvalue weighted by Gasteiger charge is -2.16. The Labute approximate surface area is 151 Å². The molecule has 0 heterocycles. The van der Waals surface area contributed by atoms with Crippen LogP contribution in [0.5, 0.6) is 0 Å². The number of hydrogen-bond acceptors (Lipinski definition) is 3. The lowest BCUT2D eigenvalue weighted by molar-refractivity contribution is -0.129. The molecular formula is C21H19FN2O2. The molecule has 0 radical (unpaired) electrons. The molecule has 0 saturated heterocycles. The van der Waals surface area contributed by atoms with Crippen LogP contribution in [0.25, 0.3) is 0 Å². The topological polar surface area (TPSA) is 61.4 Å². The highest BCUT2D eigenvalue weighted by molar-refractivity contribution is 5.86. The molecular weight excluding hydrogens is 331 g/mol. The van der Waals surface area contributed by atoms with Crippen LogP contribution in [0.15, 0.2) is 78.9 Å². The number of rotatable bonds is 6. The molecule has 0 aliphatic carbocycles. The summed E-state index contributed by atoms with van der Waals surface area (Å²) in [6.45, 7) is 0.366. The summed E-state index contributed by atoms with van der Waals surface area (Å²) < 4.78 is 13.7. The highest BCUT2D eigenvalue weighted by atomic mass is 19.1. The number of hydroxylamine groups is 1. The fourth-order valence-corrected chi connectivity index (χ4v) is 2.84. The van der Waals surface area contributed by atoms with Crippen molar-refractivity contribution >= 4 is 11.6 Å². The first-order valence-corrected chi connectivity index (χ1v) is 8.25. The summed E-state index contributed by atoms with van der Waals surface area (Å²) >= 11 is 0. The van der Waals surface area contributed by atoms with Crippen LogP contribution < -0.4 is 10.8 Å². The van der Waals surface area contributed by atoms with Gasteiger partial charge in [-0.1, -0.05) is 60.7 Å². The first kappa shape index (κ1) is 17.6. The van der Waals surface area contributed by atoms with Gasteiger partial charge in [0.2, 0.25) is 0 Å². The molecule has 5 heteroatoms. The van der Waals surface area contributed by atoms with E-state index in [9.17, 15) is 9.18 Å². The fraction of sp³-hybridized carbons (Fsp3) is 0.0952. The van der Waals surface area contributed by atoms with Crippen molar-refractivity contribution in [1.82, 2.24) is 5.48 Å². The van der Waals surface area contributed by atoms with Gasteiger partial charge in [-0.05, 0) is 29.3 Å². The van der Waals surface area contributed by atoms with Crippen LogP contribution in [0.1, 0.15) is 22.6 Å². The molecule has 0 saturated carbocycles. The van der Waals surface area contributed by atoms with E-state index >= 15 is 0 Å².